The van der Waals surface area contributed by atoms with E-state index in [0.29, 0.717) is 19.3 Å². The van der Waals surface area contributed by atoms with Crippen molar-refractivity contribution < 1.29 is 14.3 Å². The molecule has 2 aliphatic rings. The van der Waals surface area contributed by atoms with Crippen molar-refractivity contribution in [3.63, 3.8) is 0 Å². The molecule has 0 aliphatic carbocycles. The van der Waals surface area contributed by atoms with Gasteiger partial charge in [0.1, 0.15) is 0 Å². The maximum Gasteiger partial charge on any atom is 0.231 e. The molecule has 0 aromatic heterocycles. The van der Waals surface area contributed by atoms with E-state index in [0.717, 1.165) is 49.5 Å². The number of fused-ring (bicyclic) bond motifs is 1. The molecular formula is C24H31ClN2O3. The molecule has 1 amide bonds. The van der Waals surface area contributed by atoms with Crippen molar-refractivity contribution in [3.05, 3.63) is 54.1 Å². The zero-order chi connectivity index (χ0) is 20.2. The van der Waals surface area contributed by atoms with Crippen LogP contribution in [0, 0.1) is 0 Å². The Morgan fingerprint density at radius 1 is 1.10 bits per heavy atom. The van der Waals surface area contributed by atoms with Crippen LogP contribution in [0.5, 0.6) is 11.5 Å². The molecule has 0 radical (unpaired) electrons. The topological polar surface area (TPSA) is 42.0 Å². The third-order valence-electron chi connectivity index (χ3n) is 6.06. The summed E-state index contributed by atoms with van der Waals surface area (Å²) in [6.45, 7) is 6.57. The second-order valence-corrected chi connectivity index (χ2v) is 7.96. The number of para-hydroxylation sites is 1. The minimum atomic E-state index is 0. The van der Waals surface area contributed by atoms with E-state index < -0.39 is 0 Å². The number of ether oxygens (including phenoxy) is 2. The molecule has 0 bridgehead atoms. The molecule has 30 heavy (non-hydrogen) atoms. The third kappa shape index (κ3) is 4.90. The second-order valence-electron chi connectivity index (χ2n) is 7.96. The highest BCUT2D eigenvalue weighted by molar-refractivity contribution is 5.93. The van der Waals surface area contributed by atoms with E-state index in [1.54, 1.807) is 0 Å². The van der Waals surface area contributed by atoms with E-state index in [4.69, 9.17) is 9.47 Å². The van der Waals surface area contributed by atoms with Crippen molar-refractivity contribution in [1.29, 1.82) is 0 Å². The number of nitrogens with zero attached hydrogens (tertiary/aromatic N) is 2. The van der Waals surface area contributed by atoms with E-state index >= 15 is 0 Å². The highest BCUT2D eigenvalue weighted by atomic mass is 35.5. The van der Waals surface area contributed by atoms with Gasteiger partial charge in [-0.2, -0.15) is 0 Å². The Kier molecular flexibility index (Phi) is 7.62. The summed E-state index contributed by atoms with van der Waals surface area (Å²) in [5.41, 5.74) is 2.29. The monoisotopic (exact) mass is 430 g/mol. The van der Waals surface area contributed by atoms with Gasteiger partial charge in [-0.15, -0.1) is 12.4 Å². The first-order valence-corrected chi connectivity index (χ1v) is 10.7. The number of likely N-dealkylation sites (tertiary alicyclic amines) is 1. The van der Waals surface area contributed by atoms with Gasteiger partial charge in [-0.25, -0.2) is 0 Å². The molecule has 1 fully saturated rings. The van der Waals surface area contributed by atoms with Crippen molar-refractivity contribution >= 4 is 24.0 Å². The summed E-state index contributed by atoms with van der Waals surface area (Å²) in [5.74, 6) is 1.90. The van der Waals surface area contributed by atoms with E-state index in [9.17, 15) is 4.79 Å². The predicted octanol–water partition coefficient (Wildman–Crippen LogP) is 4.68. The zero-order valence-electron chi connectivity index (χ0n) is 17.8. The number of rotatable bonds is 6. The SMILES string of the molecule is CCC(=O)N(c1ccccc1)C1CCN(C(C)Cc2ccc3c(c2)OCO3)CC1.Cl. The second kappa shape index (κ2) is 10.2. The molecule has 2 heterocycles. The number of halogens is 1. The van der Waals surface area contributed by atoms with Crippen LogP contribution >= 0.6 is 12.4 Å². The Bertz CT molecular complexity index is 838. The van der Waals surface area contributed by atoms with Crippen LogP contribution in [0.15, 0.2) is 48.5 Å². The number of carbonyl (C=O) groups excluding carboxylic acids is 1. The highest BCUT2D eigenvalue weighted by Crippen LogP contribution is 2.33. The van der Waals surface area contributed by atoms with E-state index in [1.807, 2.05) is 48.2 Å². The Balaban J connectivity index is 0.00000256. The van der Waals surface area contributed by atoms with Crippen molar-refractivity contribution in [3.8, 4) is 11.5 Å². The Morgan fingerprint density at radius 2 is 1.80 bits per heavy atom. The number of piperidine rings is 1. The van der Waals surface area contributed by atoms with Gasteiger partial charge in [0.25, 0.3) is 0 Å². The minimum absolute atomic E-state index is 0. The number of hydrogen-bond acceptors (Lipinski definition) is 4. The van der Waals surface area contributed by atoms with Gasteiger partial charge in [0.05, 0.1) is 0 Å². The fourth-order valence-electron chi connectivity index (χ4n) is 4.44. The lowest BCUT2D eigenvalue weighted by atomic mass is 9.98. The van der Waals surface area contributed by atoms with Crippen LogP contribution in [0.3, 0.4) is 0 Å². The van der Waals surface area contributed by atoms with Crippen molar-refractivity contribution in [2.75, 3.05) is 24.8 Å². The summed E-state index contributed by atoms with van der Waals surface area (Å²) in [6.07, 6.45) is 3.53. The predicted molar refractivity (Wildman–Crippen MR) is 122 cm³/mol. The van der Waals surface area contributed by atoms with Crippen LogP contribution in [0.1, 0.15) is 38.7 Å². The first-order chi connectivity index (χ1) is 14.2. The molecule has 0 spiro atoms. The quantitative estimate of drug-likeness (QED) is 0.667. The largest absolute Gasteiger partial charge is 0.454 e. The fraction of sp³-hybridized carbons (Fsp3) is 0.458. The first kappa shape index (κ1) is 22.4. The summed E-state index contributed by atoms with van der Waals surface area (Å²) < 4.78 is 10.9. The number of hydrogen-bond donors (Lipinski definition) is 0. The van der Waals surface area contributed by atoms with E-state index in [2.05, 4.69) is 24.0 Å². The van der Waals surface area contributed by atoms with Crippen LogP contribution in [0.2, 0.25) is 0 Å². The van der Waals surface area contributed by atoms with Crippen LogP contribution in [-0.4, -0.2) is 42.8 Å². The van der Waals surface area contributed by atoms with Crippen LogP contribution in [0.25, 0.3) is 0 Å². The molecule has 162 valence electrons. The molecule has 6 heteroatoms. The fourth-order valence-corrected chi connectivity index (χ4v) is 4.44. The maximum atomic E-state index is 12.7. The smallest absolute Gasteiger partial charge is 0.231 e. The summed E-state index contributed by atoms with van der Waals surface area (Å²) in [7, 11) is 0. The molecule has 2 aromatic carbocycles. The third-order valence-corrected chi connectivity index (χ3v) is 6.06. The zero-order valence-corrected chi connectivity index (χ0v) is 18.6. The Labute approximate surface area is 185 Å². The summed E-state index contributed by atoms with van der Waals surface area (Å²) in [4.78, 5) is 17.2. The molecule has 1 atom stereocenters. The van der Waals surface area contributed by atoms with Crippen molar-refractivity contribution in [1.82, 2.24) is 4.90 Å². The van der Waals surface area contributed by atoms with Gasteiger partial charge in [-0.3, -0.25) is 4.79 Å². The molecule has 1 unspecified atom stereocenters. The van der Waals surface area contributed by atoms with Gasteiger partial charge in [-0.1, -0.05) is 31.2 Å². The van der Waals surface area contributed by atoms with Gasteiger partial charge >= 0.3 is 0 Å². The van der Waals surface area contributed by atoms with Gasteiger partial charge in [0.15, 0.2) is 11.5 Å². The summed E-state index contributed by atoms with van der Waals surface area (Å²) >= 11 is 0. The van der Waals surface area contributed by atoms with Crippen LogP contribution < -0.4 is 14.4 Å². The van der Waals surface area contributed by atoms with E-state index in [-0.39, 0.29) is 24.4 Å². The normalized spacial score (nSPS) is 17.3. The van der Waals surface area contributed by atoms with Gasteiger partial charge in [0.2, 0.25) is 12.7 Å². The first-order valence-electron chi connectivity index (χ1n) is 10.7. The number of carbonyl (C=O) groups is 1. The Hall–Kier alpha value is -2.24. The van der Waals surface area contributed by atoms with Gasteiger partial charge in [-0.05, 0) is 56.0 Å². The number of benzene rings is 2. The highest BCUT2D eigenvalue weighted by Gasteiger charge is 2.30. The van der Waals surface area contributed by atoms with Gasteiger partial charge < -0.3 is 19.3 Å². The minimum Gasteiger partial charge on any atom is -0.454 e. The molecule has 0 N–H and O–H groups in total. The van der Waals surface area contributed by atoms with E-state index in [1.165, 1.54) is 5.56 Å². The number of anilines is 1. The molecule has 5 nitrogen and oxygen atoms in total. The molecule has 0 saturated carbocycles. The molecule has 2 aromatic rings. The van der Waals surface area contributed by atoms with Crippen molar-refractivity contribution in [2.24, 2.45) is 0 Å². The Morgan fingerprint density at radius 3 is 2.50 bits per heavy atom. The van der Waals surface area contributed by atoms with Crippen LogP contribution in [-0.2, 0) is 11.2 Å². The lowest BCUT2D eigenvalue weighted by Crippen LogP contribution is -2.49. The van der Waals surface area contributed by atoms with Gasteiger partial charge in [0, 0.05) is 37.3 Å². The van der Waals surface area contributed by atoms with Crippen molar-refractivity contribution in [2.45, 2.75) is 51.6 Å². The summed E-state index contributed by atoms with van der Waals surface area (Å²) in [5, 5.41) is 0. The average Bonchev–Trinajstić information content (AvgIpc) is 3.23. The molecular weight excluding hydrogens is 400 g/mol. The van der Waals surface area contributed by atoms with Crippen LogP contribution in [0.4, 0.5) is 5.69 Å². The lowest BCUT2D eigenvalue weighted by Gasteiger charge is -2.40. The number of amides is 1. The standard InChI is InChI=1S/C24H30N2O3.ClH/c1-3-24(27)26(20-7-5-4-6-8-20)21-11-13-25(14-12-21)18(2)15-19-9-10-22-23(16-19)29-17-28-22;/h4-10,16,18,21H,3,11-15,17H2,1-2H3;1H. The molecule has 4 rings (SSSR count). The molecule has 2 aliphatic heterocycles. The average molecular weight is 431 g/mol. The molecule has 1 saturated heterocycles. The maximum absolute atomic E-state index is 12.7. The summed E-state index contributed by atoms with van der Waals surface area (Å²) in [6, 6.07) is 17.1. The lowest BCUT2D eigenvalue weighted by molar-refractivity contribution is -0.119.